The molecular weight excluding hydrogens is 262 g/mol. The second-order valence-corrected chi connectivity index (χ2v) is 7.52. The van der Waals surface area contributed by atoms with E-state index in [-0.39, 0.29) is 0 Å². The number of rotatable bonds is 4. The van der Waals surface area contributed by atoms with Crippen LogP contribution in [0, 0.1) is 0 Å². The van der Waals surface area contributed by atoms with Crippen LogP contribution < -0.4 is 0 Å². The number of hydrogen-bond donors (Lipinski definition) is 0. The molecule has 0 aliphatic carbocycles. The fourth-order valence-corrected chi connectivity index (χ4v) is 4.21. The number of hydrogen-bond acceptors (Lipinski definition) is 3. The summed E-state index contributed by atoms with van der Waals surface area (Å²) in [5, 5.41) is 0. The predicted octanol–water partition coefficient (Wildman–Crippen LogP) is 0.911. The molecule has 6 heteroatoms. The van der Waals surface area contributed by atoms with E-state index in [9.17, 15) is 8.42 Å². The summed E-state index contributed by atoms with van der Waals surface area (Å²) in [5.74, 6) is 0. The number of piperazine rings is 1. The summed E-state index contributed by atoms with van der Waals surface area (Å²) in [4.78, 5) is 2.31. The highest BCUT2D eigenvalue weighted by molar-refractivity contribution is 7.86. The van der Waals surface area contributed by atoms with Gasteiger partial charge in [0, 0.05) is 45.8 Å². The largest absolute Gasteiger partial charge is 0.297 e. The minimum Gasteiger partial charge on any atom is -0.297 e. The maximum atomic E-state index is 12.4. The lowest BCUT2D eigenvalue weighted by Crippen LogP contribution is -2.52. The van der Waals surface area contributed by atoms with E-state index in [0.29, 0.717) is 26.2 Å². The molecule has 2 aliphatic rings. The molecule has 0 aromatic carbocycles. The smallest absolute Gasteiger partial charge is 0.282 e. The predicted molar refractivity (Wildman–Crippen MR) is 77.2 cm³/mol. The van der Waals surface area contributed by atoms with Crippen molar-refractivity contribution in [2.75, 3.05) is 45.8 Å². The average molecular weight is 287 g/mol. The molecule has 0 N–H and O–H groups in total. The van der Waals surface area contributed by atoms with Gasteiger partial charge in [-0.2, -0.15) is 17.0 Å². The Morgan fingerprint density at radius 1 is 0.947 bits per heavy atom. The van der Waals surface area contributed by atoms with Crippen molar-refractivity contribution in [3.8, 4) is 0 Å². The molecule has 110 valence electrons. The Kier molecular flexibility index (Phi) is 5.00. The van der Waals surface area contributed by atoms with Crippen molar-refractivity contribution in [2.45, 2.75) is 26.7 Å². The minimum absolute atomic E-state index is 0.620. The van der Waals surface area contributed by atoms with Crippen LogP contribution in [0.25, 0.3) is 0 Å². The summed E-state index contributed by atoms with van der Waals surface area (Å²) in [6, 6.07) is 0. The van der Waals surface area contributed by atoms with Crippen molar-refractivity contribution in [3.63, 3.8) is 0 Å². The van der Waals surface area contributed by atoms with Gasteiger partial charge in [0.1, 0.15) is 0 Å². The Balaban J connectivity index is 1.87. The normalized spacial score (nSPS) is 23.7. The van der Waals surface area contributed by atoms with Crippen LogP contribution in [-0.2, 0) is 10.2 Å². The summed E-state index contributed by atoms with van der Waals surface area (Å²) in [5.41, 5.74) is 1.31. The summed E-state index contributed by atoms with van der Waals surface area (Å²) in [6.45, 7) is 9.40. The van der Waals surface area contributed by atoms with Crippen LogP contribution in [0.3, 0.4) is 0 Å². The lowest BCUT2D eigenvalue weighted by molar-refractivity contribution is 0.197. The number of nitrogens with zero attached hydrogens (tertiary/aromatic N) is 3. The molecule has 0 radical (unpaired) electrons. The van der Waals surface area contributed by atoms with Crippen LogP contribution in [-0.4, -0.2) is 67.7 Å². The van der Waals surface area contributed by atoms with Gasteiger partial charge in [-0.05, 0) is 26.7 Å². The zero-order chi connectivity index (χ0) is 13.9. The van der Waals surface area contributed by atoms with Crippen LogP contribution in [0.15, 0.2) is 11.6 Å². The van der Waals surface area contributed by atoms with E-state index < -0.39 is 10.2 Å². The topological polar surface area (TPSA) is 43.9 Å². The number of allylic oxidation sites excluding steroid dienone is 1. The fourth-order valence-electron chi connectivity index (χ4n) is 2.54. The van der Waals surface area contributed by atoms with Crippen molar-refractivity contribution in [2.24, 2.45) is 0 Å². The highest BCUT2D eigenvalue weighted by atomic mass is 32.2. The second kappa shape index (κ2) is 6.35. The highest BCUT2D eigenvalue weighted by Gasteiger charge is 2.33. The van der Waals surface area contributed by atoms with Crippen LogP contribution in [0.2, 0.25) is 0 Å². The molecule has 19 heavy (non-hydrogen) atoms. The lowest BCUT2D eigenvalue weighted by atomic mass is 10.3. The Morgan fingerprint density at radius 3 is 2.00 bits per heavy atom. The van der Waals surface area contributed by atoms with Gasteiger partial charge < -0.3 is 0 Å². The molecule has 0 spiro atoms. The molecule has 0 atom stereocenters. The van der Waals surface area contributed by atoms with E-state index in [4.69, 9.17) is 0 Å². The summed E-state index contributed by atoms with van der Waals surface area (Å²) in [6.07, 6.45) is 4.20. The van der Waals surface area contributed by atoms with Gasteiger partial charge in [0.05, 0.1) is 0 Å². The van der Waals surface area contributed by atoms with Crippen LogP contribution in [0.5, 0.6) is 0 Å². The van der Waals surface area contributed by atoms with Crippen LogP contribution in [0.1, 0.15) is 26.7 Å². The lowest BCUT2D eigenvalue weighted by Gasteiger charge is -2.35. The zero-order valence-corrected chi connectivity index (χ0v) is 12.8. The Morgan fingerprint density at radius 2 is 1.47 bits per heavy atom. The molecule has 0 unspecified atom stereocenters. The van der Waals surface area contributed by atoms with Crippen LogP contribution >= 0.6 is 0 Å². The first-order valence-electron chi connectivity index (χ1n) is 7.11. The van der Waals surface area contributed by atoms with Gasteiger partial charge in [0.2, 0.25) is 0 Å². The zero-order valence-electron chi connectivity index (χ0n) is 12.0. The molecule has 2 rings (SSSR count). The van der Waals surface area contributed by atoms with E-state index in [1.165, 1.54) is 5.57 Å². The Labute approximate surface area is 117 Å². The third kappa shape index (κ3) is 3.78. The SMILES string of the molecule is CC(C)=CCN1CCN(S(=O)(=O)N2CCCC2)CC1. The first-order chi connectivity index (χ1) is 9.00. The average Bonchev–Trinajstić information content (AvgIpc) is 2.91. The van der Waals surface area contributed by atoms with Gasteiger partial charge in [0.15, 0.2) is 0 Å². The van der Waals surface area contributed by atoms with Gasteiger partial charge in [-0.1, -0.05) is 11.6 Å². The van der Waals surface area contributed by atoms with Gasteiger partial charge >= 0.3 is 0 Å². The van der Waals surface area contributed by atoms with E-state index >= 15 is 0 Å². The molecule has 2 aliphatic heterocycles. The first kappa shape index (κ1) is 15.0. The molecule has 2 heterocycles. The molecule has 0 aromatic heterocycles. The summed E-state index contributed by atoms with van der Waals surface area (Å²) >= 11 is 0. The molecule has 2 fully saturated rings. The van der Waals surface area contributed by atoms with Gasteiger partial charge in [-0.25, -0.2) is 0 Å². The molecule has 0 bridgehead atoms. The monoisotopic (exact) mass is 287 g/mol. The van der Waals surface area contributed by atoms with Gasteiger partial charge in [-0.15, -0.1) is 0 Å². The van der Waals surface area contributed by atoms with E-state index in [1.807, 2.05) is 0 Å². The maximum Gasteiger partial charge on any atom is 0.282 e. The quantitative estimate of drug-likeness (QED) is 0.722. The molecule has 0 saturated carbocycles. The fraction of sp³-hybridized carbons (Fsp3) is 0.846. The van der Waals surface area contributed by atoms with Crippen molar-refractivity contribution in [3.05, 3.63) is 11.6 Å². The van der Waals surface area contributed by atoms with Crippen molar-refractivity contribution >= 4 is 10.2 Å². The Hall–Kier alpha value is -0.430. The van der Waals surface area contributed by atoms with Crippen molar-refractivity contribution in [1.82, 2.24) is 13.5 Å². The molecule has 5 nitrogen and oxygen atoms in total. The third-order valence-electron chi connectivity index (χ3n) is 3.81. The summed E-state index contributed by atoms with van der Waals surface area (Å²) < 4.78 is 28.1. The van der Waals surface area contributed by atoms with Gasteiger partial charge in [0.25, 0.3) is 10.2 Å². The summed E-state index contributed by atoms with van der Waals surface area (Å²) in [7, 11) is -3.19. The van der Waals surface area contributed by atoms with Crippen molar-refractivity contribution < 1.29 is 8.42 Å². The van der Waals surface area contributed by atoms with Gasteiger partial charge in [-0.3, -0.25) is 4.90 Å². The third-order valence-corrected chi connectivity index (χ3v) is 5.84. The first-order valence-corrected chi connectivity index (χ1v) is 8.51. The molecule has 2 saturated heterocycles. The molecule has 0 amide bonds. The van der Waals surface area contributed by atoms with E-state index in [0.717, 1.165) is 32.5 Å². The van der Waals surface area contributed by atoms with E-state index in [2.05, 4.69) is 24.8 Å². The van der Waals surface area contributed by atoms with E-state index in [1.54, 1.807) is 8.61 Å². The molecule has 0 aromatic rings. The Bertz CT molecular complexity index is 415. The highest BCUT2D eigenvalue weighted by Crippen LogP contribution is 2.18. The standard InChI is InChI=1S/C13H25N3O2S/c1-13(2)5-8-14-9-11-16(12-10-14)19(17,18)15-6-3-4-7-15/h5H,3-4,6-12H2,1-2H3. The maximum absolute atomic E-state index is 12.4. The minimum atomic E-state index is -3.19. The molecular formula is C13H25N3O2S. The second-order valence-electron chi connectivity index (χ2n) is 5.60. The van der Waals surface area contributed by atoms with Crippen LogP contribution in [0.4, 0.5) is 0 Å². The van der Waals surface area contributed by atoms with Crippen molar-refractivity contribution in [1.29, 1.82) is 0 Å².